The Bertz CT molecular complexity index is 680. The third-order valence-electron chi connectivity index (χ3n) is 4.30. The van der Waals surface area contributed by atoms with Crippen LogP contribution in [0.25, 0.3) is 0 Å². The van der Waals surface area contributed by atoms with E-state index in [1.54, 1.807) is 12.1 Å². The van der Waals surface area contributed by atoms with Crippen molar-refractivity contribution in [3.05, 3.63) is 29.8 Å². The summed E-state index contributed by atoms with van der Waals surface area (Å²) >= 11 is 0. The molecule has 1 rings (SSSR count). The van der Waals surface area contributed by atoms with Crippen LogP contribution in [0.4, 0.5) is 0 Å². The lowest BCUT2D eigenvalue weighted by molar-refractivity contribution is -0.138. The van der Waals surface area contributed by atoms with Crippen molar-refractivity contribution >= 4 is 22.1 Å². The summed E-state index contributed by atoms with van der Waals surface area (Å²) in [6, 6.07) is 5.87. The molecule has 0 spiro atoms. The van der Waals surface area contributed by atoms with Gasteiger partial charge in [0.25, 0.3) is 10.1 Å². The fourth-order valence-electron chi connectivity index (χ4n) is 2.88. The van der Waals surface area contributed by atoms with E-state index in [4.69, 9.17) is 14.8 Å². The average molecular weight is 386 g/mol. The topological polar surface area (TPSA) is 129 Å². The molecule has 1 atom stereocenters. The quantitative estimate of drug-likeness (QED) is 0.348. The van der Waals surface area contributed by atoms with Crippen LogP contribution in [0.5, 0.6) is 0 Å². The Morgan fingerprint density at radius 3 is 1.88 bits per heavy atom. The Kier molecular flexibility index (Phi) is 9.29. The van der Waals surface area contributed by atoms with Crippen LogP contribution in [0.2, 0.25) is 0 Å². The van der Waals surface area contributed by atoms with Crippen molar-refractivity contribution in [1.29, 1.82) is 0 Å². The summed E-state index contributed by atoms with van der Waals surface area (Å²) in [6.07, 6.45) is 5.72. The first-order valence-electron chi connectivity index (χ1n) is 8.71. The van der Waals surface area contributed by atoms with Crippen LogP contribution in [0.15, 0.2) is 29.2 Å². The fraction of sp³-hybridized carbons (Fsp3) is 0.556. The van der Waals surface area contributed by atoms with Gasteiger partial charge in [-0.25, -0.2) is 0 Å². The normalized spacial score (nSPS) is 12.7. The van der Waals surface area contributed by atoms with Gasteiger partial charge in [-0.05, 0) is 42.9 Å². The molecular formula is C18H26O7S. The van der Waals surface area contributed by atoms with E-state index in [0.717, 1.165) is 37.7 Å². The molecule has 0 saturated carbocycles. The molecule has 0 aliphatic rings. The molecule has 0 fully saturated rings. The molecule has 1 aromatic rings. The maximum Gasteiger partial charge on any atom is 0.303 e. The van der Waals surface area contributed by atoms with E-state index in [1.807, 2.05) is 0 Å². The molecule has 0 aliphatic heterocycles. The van der Waals surface area contributed by atoms with Crippen LogP contribution >= 0.6 is 0 Å². The minimum atomic E-state index is -4.24. The summed E-state index contributed by atoms with van der Waals surface area (Å²) in [5.74, 6) is -1.66. The largest absolute Gasteiger partial charge is 0.481 e. The Morgan fingerprint density at radius 2 is 1.35 bits per heavy atom. The van der Waals surface area contributed by atoms with Gasteiger partial charge in [0.05, 0.1) is 4.90 Å². The number of aliphatic carboxylic acids is 2. The first-order chi connectivity index (χ1) is 12.2. The highest BCUT2D eigenvalue weighted by atomic mass is 32.2. The van der Waals surface area contributed by atoms with Crippen molar-refractivity contribution in [1.82, 2.24) is 0 Å². The van der Waals surface area contributed by atoms with Crippen molar-refractivity contribution in [3.8, 4) is 0 Å². The molecule has 26 heavy (non-hydrogen) atoms. The number of carboxylic acid groups (broad SMARTS) is 2. The van der Waals surface area contributed by atoms with Gasteiger partial charge in [0.15, 0.2) is 0 Å². The van der Waals surface area contributed by atoms with Crippen molar-refractivity contribution in [3.63, 3.8) is 0 Å². The SMILES string of the molecule is O=C(O)CCCCCCCC(CCC(=O)O)c1ccc(S(=O)(=O)O)cc1. The summed E-state index contributed by atoms with van der Waals surface area (Å²) in [5.41, 5.74) is 0.851. The van der Waals surface area contributed by atoms with Crippen molar-refractivity contribution in [2.45, 2.75) is 68.6 Å². The molecule has 0 bridgehead atoms. The van der Waals surface area contributed by atoms with Gasteiger partial charge in [-0.3, -0.25) is 14.1 Å². The second kappa shape index (κ2) is 10.9. The summed E-state index contributed by atoms with van der Waals surface area (Å²) < 4.78 is 31.2. The monoisotopic (exact) mass is 386 g/mol. The van der Waals surface area contributed by atoms with E-state index < -0.39 is 22.1 Å². The molecule has 1 aromatic carbocycles. The number of carbonyl (C=O) groups is 2. The van der Waals surface area contributed by atoms with E-state index in [1.165, 1.54) is 12.1 Å². The van der Waals surface area contributed by atoms with E-state index >= 15 is 0 Å². The minimum Gasteiger partial charge on any atom is -0.481 e. The Morgan fingerprint density at radius 1 is 0.808 bits per heavy atom. The van der Waals surface area contributed by atoms with Crippen LogP contribution in [0.3, 0.4) is 0 Å². The summed E-state index contributed by atoms with van der Waals surface area (Å²) in [7, 11) is -4.24. The van der Waals surface area contributed by atoms with E-state index in [2.05, 4.69) is 0 Å². The van der Waals surface area contributed by atoms with Crippen LogP contribution in [0.1, 0.15) is 69.3 Å². The van der Waals surface area contributed by atoms with Gasteiger partial charge in [0.2, 0.25) is 0 Å². The number of unbranched alkanes of at least 4 members (excludes halogenated alkanes) is 4. The lowest BCUT2D eigenvalue weighted by atomic mass is 9.89. The Labute approximate surface area is 153 Å². The standard InChI is InChI=1S/C18H26O7S/c19-17(20)7-5-3-1-2-4-6-14(10-13-18(21)22)15-8-11-16(12-9-15)26(23,24)25/h8-9,11-12,14H,1-7,10,13H2,(H,19,20)(H,21,22)(H,23,24,25). The van der Waals surface area contributed by atoms with Gasteiger partial charge < -0.3 is 10.2 Å². The third-order valence-corrected chi connectivity index (χ3v) is 5.17. The van der Waals surface area contributed by atoms with Crippen molar-refractivity contribution in [2.24, 2.45) is 0 Å². The van der Waals surface area contributed by atoms with Gasteiger partial charge in [-0.2, -0.15) is 8.42 Å². The zero-order valence-electron chi connectivity index (χ0n) is 14.6. The smallest absolute Gasteiger partial charge is 0.303 e. The zero-order chi connectivity index (χ0) is 19.6. The number of hydrogen-bond donors (Lipinski definition) is 3. The number of hydrogen-bond acceptors (Lipinski definition) is 4. The summed E-state index contributed by atoms with van der Waals surface area (Å²) in [4.78, 5) is 21.1. The second-order valence-corrected chi connectivity index (χ2v) is 7.80. The van der Waals surface area contributed by atoms with E-state index in [9.17, 15) is 18.0 Å². The average Bonchev–Trinajstić information content (AvgIpc) is 2.55. The van der Waals surface area contributed by atoms with Gasteiger partial charge in [-0.1, -0.05) is 37.8 Å². The highest BCUT2D eigenvalue weighted by Crippen LogP contribution is 2.28. The van der Waals surface area contributed by atoms with Gasteiger partial charge in [-0.15, -0.1) is 0 Å². The molecule has 0 aromatic heterocycles. The number of benzene rings is 1. The lowest BCUT2D eigenvalue weighted by Gasteiger charge is -2.17. The Balaban J connectivity index is 2.56. The predicted octanol–water partition coefficient (Wildman–Crippen LogP) is 3.70. The van der Waals surface area contributed by atoms with Gasteiger partial charge in [0.1, 0.15) is 0 Å². The zero-order valence-corrected chi connectivity index (χ0v) is 15.5. The van der Waals surface area contributed by atoms with Gasteiger partial charge >= 0.3 is 11.9 Å². The highest BCUT2D eigenvalue weighted by molar-refractivity contribution is 7.85. The van der Waals surface area contributed by atoms with Crippen LogP contribution in [0, 0.1) is 0 Å². The molecule has 0 saturated heterocycles. The highest BCUT2D eigenvalue weighted by Gasteiger charge is 2.15. The maximum absolute atomic E-state index is 11.1. The summed E-state index contributed by atoms with van der Waals surface area (Å²) in [6.45, 7) is 0. The van der Waals surface area contributed by atoms with E-state index in [-0.39, 0.29) is 23.7 Å². The molecule has 1 unspecified atom stereocenters. The molecule has 0 amide bonds. The van der Waals surface area contributed by atoms with Crippen molar-refractivity contribution < 1.29 is 32.8 Å². The number of rotatable bonds is 13. The fourth-order valence-corrected chi connectivity index (χ4v) is 3.36. The number of carboxylic acids is 2. The molecule has 3 N–H and O–H groups in total. The predicted molar refractivity (Wildman–Crippen MR) is 95.8 cm³/mol. The molecule has 146 valence electrons. The van der Waals surface area contributed by atoms with Crippen LogP contribution in [-0.4, -0.2) is 35.1 Å². The lowest BCUT2D eigenvalue weighted by Crippen LogP contribution is -2.05. The van der Waals surface area contributed by atoms with Gasteiger partial charge in [0, 0.05) is 12.8 Å². The Hall–Kier alpha value is -1.93. The van der Waals surface area contributed by atoms with Crippen LogP contribution < -0.4 is 0 Å². The van der Waals surface area contributed by atoms with Crippen LogP contribution in [-0.2, 0) is 19.7 Å². The molecule has 8 heteroatoms. The summed E-state index contributed by atoms with van der Waals surface area (Å²) in [5, 5.41) is 17.5. The maximum atomic E-state index is 11.1. The van der Waals surface area contributed by atoms with Crippen molar-refractivity contribution in [2.75, 3.05) is 0 Å². The molecule has 0 radical (unpaired) electrons. The van der Waals surface area contributed by atoms with E-state index in [0.29, 0.717) is 12.8 Å². The second-order valence-electron chi connectivity index (χ2n) is 6.37. The minimum absolute atomic E-state index is 0.000525. The third kappa shape index (κ3) is 8.96. The first-order valence-corrected chi connectivity index (χ1v) is 10.1. The first kappa shape index (κ1) is 22.1. The molecule has 0 heterocycles. The molecule has 7 nitrogen and oxygen atoms in total. The molecule has 0 aliphatic carbocycles. The molecular weight excluding hydrogens is 360 g/mol.